The molecular formula is C18H37NO3. The van der Waals surface area contributed by atoms with Crippen LogP contribution >= 0.6 is 0 Å². The molecule has 2 atom stereocenters. The Morgan fingerprint density at radius 1 is 1.00 bits per heavy atom. The fraction of sp³-hybridized carbons (Fsp3) is 0.944. The Hall–Kier alpha value is -0.610. The van der Waals surface area contributed by atoms with Crippen molar-refractivity contribution in [2.75, 3.05) is 26.2 Å². The highest BCUT2D eigenvalue weighted by molar-refractivity contribution is 5.67. The second kappa shape index (κ2) is 11.9. The lowest BCUT2D eigenvalue weighted by molar-refractivity contribution is -0.933. The highest BCUT2D eigenvalue weighted by atomic mass is 16.4. The standard InChI is InChI=1S/C18H37NO3/c1-5-8-9-10-11-17(20)15-19(12-6-2,13-7-3)14-16(4)18(21)22/h16-17,20H,5-15H2,1-4H3. The summed E-state index contributed by atoms with van der Waals surface area (Å²) in [6, 6.07) is 0. The molecule has 0 heterocycles. The lowest BCUT2D eigenvalue weighted by Crippen LogP contribution is -2.57. The fourth-order valence-electron chi connectivity index (χ4n) is 3.50. The van der Waals surface area contributed by atoms with E-state index in [0.29, 0.717) is 17.6 Å². The van der Waals surface area contributed by atoms with Gasteiger partial charge < -0.3 is 19.5 Å². The first kappa shape index (κ1) is 21.4. The number of hydrogen-bond donors (Lipinski definition) is 1. The normalized spacial score (nSPS) is 14.8. The number of carboxylic acids is 1. The molecule has 4 heteroatoms. The summed E-state index contributed by atoms with van der Waals surface area (Å²) in [5, 5.41) is 21.5. The molecule has 22 heavy (non-hydrogen) atoms. The zero-order chi connectivity index (χ0) is 17.0. The summed E-state index contributed by atoms with van der Waals surface area (Å²) in [5.41, 5.74) is 0. The van der Waals surface area contributed by atoms with Gasteiger partial charge in [0.1, 0.15) is 12.6 Å². The molecule has 0 radical (unpaired) electrons. The number of carboxylic acid groups (broad SMARTS) is 1. The predicted molar refractivity (Wildman–Crippen MR) is 89.2 cm³/mol. The molecule has 4 nitrogen and oxygen atoms in total. The van der Waals surface area contributed by atoms with E-state index < -0.39 is 11.9 Å². The molecule has 0 amide bonds. The Kier molecular flexibility index (Phi) is 11.6. The minimum atomic E-state index is -0.979. The molecule has 2 unspecified atom stereocenters. The molecule has 0 aromatic heterocycles. The van der Waals surface area contributed by atoms with Crippen LogP contribution in [0.5, 0.6) is 0 Å². The van der Waals surface area contributed by atoms with Crippen molar-refractivity contribution in [3.8, 4) is 0 Å². The summed E-state index contributed by atoms with van der Waals surface area (Å²) in [5.74, 6) is -1.45. The summed E-state index contributed by atoms with van der Waals surface area (Å²) < 4.78 is 0.705. The maximum absolute atomic E-state index is 11.1. The van der Waals surface area contributed by atoms with Crippen LogP contribution in [0.2, 0.25) is 0 Å². The minimum Gasteiger partial charge on any atom is -0.550 e. The van der Waals surface area contributed by atoms with Gasteiger partial charge in [0.15, 0.2) is 0 Å². The molecule has 0 aromatic rings. The van der Waals surface area contributed by atoms with Crippen molar-refractivity contribution in [1.82, 2.24) is 0 Å². The number of aliphatic hydroxyl groups is 1. The Balaban J connectivity index is 4.70. The Bertz CT molecular complexity index is 288. The van der Waals surface area contributed by atoms with Gasteiger partial charge in [-0.3, -0.25) is 0 Å². The van der Waals surface area contributed by atoms with Crippen molar-refractivity contribution < 1.29 is 19.5 Å². The number of carbonyl (C=O) groups is 1. The van der Waals surface area contributed by atoms with Crippen LogP contribution in [-0.4, -0.2) is 47.8 Å². The second-order valence-electron chi connectivity index (χ2n) is 6.88. The Morgan fingerprint density at radius 2 is 1.59 bits per heavy atom. The third kappa shape index (κ3) is 8.74. The van der Waals surface area contributed by atoms with E-state index in [9.17, 15) is 15.0 Å². The van der Waals surface area contributed by atoms with Crippen LogP contribution in [0.15, 0.2) is 0 Å². The average molecular weight is 315 g/mol. The molecular weight excluding hydrogens is 278 g/mol. The second-order valence-corrected chi connectivity index (χ2v) is 6.88. The van der Waals surface area contributed by atoms with Crippen molar-refractivity contribution in [2.24, 2.45) is 5.92 Å². The van der Waals surface area contributed by atoms with Crippen LogP contribution < -0.4 is 5.11 Å². The predicted octanol–water partition coefficient (Wildman–Crippen LogP) is 2.34. The number of quaternary nitrogens is 1. The summed E-state index contributed by atoms with van der Waals surface area (Å²) in [4.78, 5) is 11.1. The first-order chi connectivity index (χ1) is 10.4. The third-order valence-electron chi connectivity index (χ3n) is 4.45. The van der Waals surface area contributed by atoms with Gasteiger partial charge in [0, 0.05) is 11.9 Å². The van der Waals surface area contributed by atoms with E-state index in [-0.39, 0.29) is 6.10 Å². The number of nitrogens with zero attached hydrogens (tertiary/aromatic N) is 1. The topological polar surface area (TPSA) is 60.4 Å². The van der Waals surface area contributed by atoms with E-state index in [0.717, 1.165) is 38.8 Å². The zero-order valence-electron chi connectivity index (χ0n) is 15.1. The summed E-state index contributed by atoms with van der Waals surface area (Å²) in [6.07, 6.45) is 7.15. The molecule has 0 fully saturated rings. The van der Waals surface area contributed by atoms with Crippen molar-refractivity contribution in [2.45, 2.75) is 78.7 Å². The van der Waals surface area contributed by atoms with Crippen LogP contribution in [0.3, 0.4) is 0 Å². The minimum absolute atomic E-state index is 0.330. The molecule has 1 N–H and O–H groups in total. The number of rotatable bonds is 14. The lowest BCUT2D eigenvalue weighted by atomic mass is 10.0. The SMILES string of the molecule is CCCCCCC(O)C[N+](CCC)(CCC)CC(C)C(=O)[O-]. The average Bonchev–Trinajstić information content (AvgIpc) is 2.44. The van der Waals surface area contributed by atoms with E-state index in [1.807, 2.05) is 0 Å². The van der Waals surface area contributed by atoms with E-state index in [1.54, 1.807) is 6.92 Å². The number of hydrogen-bond acceptors (Lipinski definition) is 3. The quantitative estimate of drug-likeness (QED) is 0.395. The molecule has 132 valence electrons. The summed E-state index contributed by atoms with van der Waals surface area (Å²) in [7, 11) is 0. The van der Waals surface area contributed by atoms with Crippen LogP contribution in [0.25, 0.3) is 0 Å². The maximum atomic E-state index is 11.1. The molecule has 0 bridgehead atoms. The van der Waals surface area contributed by atoms with Gasteiger partial charge >= 0.3 is 0 Å². The highest BCUT2D eigenvalue weighted by Gasteiger charge is 2.31. The molecule has 0 saturated carbocycles. The maximum Gasteiger partial charge on any atom is 0.105 e. The monoisotopic (exact) mass is 315 g/mol. The van der Waals surface area contributed by atoms with Crippen molar-refractivity contribution in [1.29, 1.82) is 0 Å². The van der Waals surface area contributed by atoms with Gasteiger partial charge in [-0.2, -0.15) is 0 Å². The van der Waals surface area contributed by atoms with Gasteiger partial charge in [-0.15, -0.1) is 0 Å². The molecule has 0 rings (SSSR count). The molecule has 0 spiro atoms. The number of aliphatic hydroxyl groups excluding tert-OH is 1. The Morgan fingerprint density at radius 3 is 2.05 bits per heavy atom. The largest absolute Gasteiger partial charge is 0.550 e. The van der Waals surface area contributed by atoms with Gasteiger partial charge in [0.25, 0.3) is 0 Å². The first-order valence-electron chi connectivity index (χ1n) is 9.14. The summed E-state index contributed by atoms with van der Waals surface area (Å²) in [6.45, 7) is 11.2. The van der Waals surface area contributed by atoms with Gasteiger partial charge in [-0.05, 0) is 19.3 Å². The smallest absolute Gasteiger partial charge is 0.105 e. The zero-order valence-corrected chi connectivity index (χ0v) is 15.1. The van der Waals surface area contributed by atoms with E-state index in [2.05, 4.69) is 20.8 Å². The van der Waals surface area contributed by atoms with E-state index in [1.165, 1.54) is 19.3 Å². The molecule has 0 aliphatic rings. The lowest BCUT2D eigenvalue weighted by Gasteiger charge is -2.42. The van der Waals surface area contributed by atoms with Crippen molar-refractivity contribution >= 4 is 5.97 Å². The van der Waals surface area contributed by atoms with Gasteiger partial charge in [-0.25, -0.2) is 0 Å². The Labute approximate surface area is 137 Å². The number of aliphatic carboxylic acids is 1. The molecule has 0 aliphatic carbocycles. The molecule has 0 aromatic carbocycles. The number of carbonyl (C=O) groups excluding carboxylic acids is 1. The van der Waals surface area contributed by atoms with Crippen LogP contribution in [0.1, 0.15) is 72.6 Å². The van der Waals surface area contributed by atoms with Crippen LogP contribution in [0, 0.1) is 5.92 Å². The van der Waals surface area contributed by atoms with Gasteiger partial charge in [-0.1, -0.05) is 53.4 Å². The third-order valence-corrected chi connectivity index (χ3v) is 4.45. The summed E-state index contributed by atoms with van der Waals surface area (Å²) >= 11 is 0. The molecule has 0 saturated heterocycles. The van der Waals surface area contributed by atoms with E-state index >= 15 is 0 Å². The first-order valence-corrected chi connectivity index (χ1v) is 9.14. The van der Waals surface area contributed by atoms with E-state index in [4.69, 9.17) is 0 Å². The van der Waals surface area contributed by atoms with Crippen molar-refractivity contribution in [3.63, 3.8) is 0 Å². The highest BCUT2D eigenvalue weighted by Crippen LogP contribution is 2.18. The molecule has 0 aliphatic heterocycles. The van der Waals surface area contributed by atoms with Gasteiger partial charge in [0.2, 0.25) is 0 Å². The van der Waals surface area contributed by atoms with Crippen LogP contribution in [-0.2, 0) is 4.79 Å². The number of unbranched alkanes of at least 4 members (excludes halogenated alkanes) is 3. The van der Waals surface area contributed by atoms with Gasteiger partial charge in [0.05, 0.1) is 19.6 Å². The van der Waals surface area contributed by atoms with Crippen LogP contribution in [0.4, 0.5) is 0 Å². The van der Waals surface area contributed by atoms with Crippen molar-refractivity contribution in [3.05, 3.63) is 0 Å². The fourth-order valence-corrected chi connectivity index (χ4v) is 3.50.